The topological polar surface area (TPSA) is 91.9 Å². The van der Waals surface area contributed by atoms with Crippen LogP contribution in [0.4, 0.5) is 4.79 Å². The fourth-order valence-corrected chi connectivity index (χ4v) is 5.22. The van der Waals surface area contributed by atoms with Crippen molar-refractivity contribution in [1.29, 1.82) is 0 Å². The van der Waals surface area contributed by atoms with Gasteiger partial charge in [0, 0.05) is 50.2 Å². The van der Waals surface area contributed by atoms with E-state index in [2.05, 4.69) is 50.0 Å². The van der Waals surface area contributed by atoms with Gasteiger partial charge < -0.3 is 14.4 Å². The van der Waals surface area contributed by atoms with E-state index in [1.165, 1.54) is 10.9 Å². The minimum atomic E-state index is -0.149. The maximum Gasteiger partial charge on any atom is 0.410 e. The van der Waals surface area contributed by atoms with Gasteiger partial charge in [0.1, 0.15) is 12.4 Å². The number of piperidine rings is 1. The van der Waals surface area contributed by atoms with Gasteiger partial charge in [0.25, 0.3) is 0 Å². The van der Waals surface area contributed by atoms with Crippen LogP contribution in [-0.4, -0.2) is 64.7 Å². The third-order valence-corrected chi connectivity index (χ3v) is 7.17. The van der Waals surface area contributed by atoms with Gasteiger partial charge in [-0.1, -0.05) is 18.2 Å². The number of cyclic esters (lactones) is 1. The minimum absolute atomic E-state index is 0.149. The number of hydrogen-bond donors (Lipinski definition) is 2. The summed E-state index contributed by atoms with van der Waals surface area (Å²) in [5.41, 5.74) is 8.68. The molecule has 3 aliphatic rings. The number of ether oxygens (including phenoxy) is 2. The maximum atomic E-state index is 11.8. The smallest absolute Gasteiger partial charge is 0.410 e. The van der Waals surface area contributed by atoms with E-state index in [9.17, 15) is 4.79 Å². The summed E-state index contributed by atoms with van der Waals surface area (Å²) in [5, 5.41) is 2.30. The number of hydrogen-bond acceptors (Lipinski definition) is 8. The molecule has 9 heteroatoms. The molecule has 9 nitrogen and oxygen atoms in total. The standard InChI is InChI=1S/C26H30N6O3/c33-26-32(11-12-34-26)22-6-9-31(10-7-22)17-18-1-2-20-14-23(4-3-19(20)13-18)35-25-27-15-21(16-28-25)24-5-8-29-30-24/h1-4,13-16,22,24,29-30H,5-12,17H2. The lowest BCUT2D eigenvalue weighted by molar-refractivity contribution is 0.115. The Morgan fingerprint density at radius 3 is 2.54 bits per heavy atom. The molecule has 6 rings (SSSR count). The lowest BCUT2D eigenvalue weighted by Gasteiger charge is -2.35. The molecule has 0 radical (unpaired) electrons. The quantitative estimate of drug-likeness (QED) is 0.562. The van der Waals surface area contributed by atoms with E-state index < -0.39 is 0 Å². The number of rotatable bonds is 6. The molecule has 0 bridgehead atoms. The molecule has 3 aliphatic heterocycles. The SMILES string of the molecule is O=C1OCCN1C1CCN(Cc2ccc3cc(Oc4ncc(C5CCNN5)cn4)ccc3c2)CC1. The van der Waals surface area contributed by atoms with E-state index in [0.717, 1.165) is 68.7 Å². The molecule has 1 atom stereocenters. The van der Waals surface area contributed by atoms with Crippen molar-refractivity contribution in [3.05, 3.63) is 59.9 Å². The van der Waals surface area contributed by atoms with Crippen LogP contribution in [0.1, 0.15) is 36.4 Å². The first-order valence-corrected chi connectivity index (χ1v) is 12.4. The van der Waals surface area contributed by atoms with Gasteiger partial charge in [-0.3, -0.25) is 15.8 Å². The number of aromatic nitrogens is 2. The maximum absolute atomic E-state index is 11.8. The first-order chi connectivity index (χ1) is 17.2. The minimum Gasteiger partial charge on any atom is -0.448 e. The van der Waals surface area contributed by atoms with Gasteiger partial charge in [0.05, 0.1) is 12.6 Å². The number of hydrazine groups is 1. The van der Waals surface area contributed by atoms with Crippen LogP contribution in [0, 0.1) is 0 Å². The van der Waals surface area contributed by atoms with Crippen LogP contribution < -0.4 is 15.6 Å². The zero-order valence-corrected chi connectivity index (χ0v) is 19.7. The van der Waals surface area contributed by atoms with E-state index in [0.29, 0.717) is 18.7 Å². The van der Waals surface area contributed by atoms with Gasteiger partial charge in [0.2, 0.25) is 0 Å². The molecular formula is C26H30N6O3. The lowest BCUT2D eigenvalue weighted by atomic mass is 10.0. The summed E-state index contributed by atoms with van der Waals surface area (Å²) in [4.78, 5) is 25.0. The summed E-state index contributed by atoms with van der Waals surface area (Å²) in [7, 11) is 0. The zero-order chi connectivity index (χ0) is 23.6. The van der Waals surface area contributed by atoms with Crippen molar-refractivity contribution in [2.24, 2.45) is 0 Å². The molecule has 3 fully saturated rings. The van der Waals surface area contributed by atoms with Gasteiger partial charge in [0.15, 0.2) is 0 Å². The molecular weight excluding hydrogens is 444 g/mol. The number of carbonyl (C=O) groups is 1. The highest BCUT2D eigenvalue weighted by Gasteiger charge is 2.32. The molecule has 0 spiro atoms. The number of fused-ring (bicyclic) bond motifs is 1. The average molecular weight is 475 g/mol. The molecule has 3 aromatic rings. The largest absolute Gasteiger partial charge is 0.448 e. The van der Waals surface area contributed by atoms with Crippen LogP contribution in [0.5, 0.6) is 11.8 Å². The first-order valence-electron chi connectivity index (χ1n) is 12.4. The van der Waals surface area contributed by atoms with Crippen molar-refractivity contribution in [2.45, 2.75) is 37.9 Å². The fourth-order valence-electron chi connectivity index (χ4n) is 5.22. The van der Waals surface area contributed by atoms with Crippen LogP contribution >= 0.6 is 0 Å². The zero-order valence-electron chi connectivity index (χ0n) is 19.7. The van der Waals surface area contributed by atoms with E-state index in [4.69, 9.17) is 9.47 Å². The predicted octanol–water partition coefficient (Wildman–Crippen LogP) is 3.38. The number of amides is 1. The van der Waals surface area contributed by atoms with Gasteiger partial charge in [-0.05, 0) is 53.8 Å². The summed E-state index contributed by atoms with van der Waals surface area (Å²) >= 11 is 0. The molecule has 1 unspecified atom stereocenters. The molecule has 2 aromatic carbocycles. The highest BCUT2D eigenvalue weighted by atomic mass is 16.6. The van der Waals surface area contributed by atoms with Crippen molar-refractivity contribution in [2.75, 3.05) is 32.8 Å². The molecule has 35 heavy (non-hydrogen) atoms. The van der Waals surface area contributed by atoms with Crippen LogP contribution in [0.2, 0.25) is 0 Å². The second kappa shape index (κ2) is 9.77. The fraction of sp³-hybridized carbons (Fsp3) is 0.423. The van der Waals surface area contributed by atoms with Crippen molar-refractivity contribution >= 4 is 16.9 Å². The number of nitrogens with one attached hydrogen (secondary N) is 2. The summed E-state index contributed by atoms with van der Waals surface area (Å²) in [6, 6.07) is 13.6. The van der Waals surface area contributed by atoms with Crippen molar-refractivity contribution in [3.8, 4) is 11.8 Å². The third kappa shape index (κ3) is 4.93. The molecule has 1 aromatic heterocycles. The Bertz CT molecular complexity index is 1190. The van der Waals surface area contributed by atoms with Crippen molar-refractivity contribution in [3.63, 3.8) is 0 Å². The summed E-state index contributed by atoms with van der Waals surface area (Å²) in [5.74, 6) is 0.723. The predicted molar refractivity (Wildman–Crippen MR) is 131 cm³/mol. The Kier molecular flexibility index (Phi) is 6.20. The van der Waals surface area contributed by atoms with Gasteiger partial charge >= 0.3 is 12.1 Å². The highest BCUT2D eigenvalue weighted by molar-refractivity contribution is 5.84. The van der Waals surface area contributed by atoms with Crippen LogP contribution in [0.25, 0.3) is 10.8 Å². The first kappa shape index (κ1) is 22.2. The van der Waals surface area contributed by atoms with Crippen LogP contribution in [-0.2, 0) is 11.3 Å². The summed E-state index contributed by atoms with van der Waals surface area (Å²) in [6.45, 7) is 5.09. The number of carbonyl (C=O) groups excluding carboxylic acids is 1. The Hall–Kier alpha value is -3.27. The third-order valence-electron chi connectivity index (χ3n) is 7.17. The second-order valence-corrected chi connectivity index (χ2v) is 9.47. The molecule has 2 N–H and O–H groups in total. The molecule has 0 aliphatic carbocycles. The molecule has 182 valence electrons. The van der Waals surface area contributed by atoms with Crippen LogP contribution in [0.3, 0.4) is 0 Å². The molecule has 4 heterocycles. The molecule has 3 saturated heterocycles. The van der Waals surface area contributed by atoms with Crippen molar-refractivity contribution in [1.82, 2.24) is 30.6 Å². The molecule has 0 saturated carbocycles. The van der Waals surface area contributed by atoms with E-state index in [1.807, 2.05) is 29.4 Å². The van der Waals surface area contributed by atoms with Crippen molar-refractivity contribution < 1.29 is 14.3 Å². The second-order valence-electron chi connectivity index (χ2n) is 9.47. The van der Waals surface area contributed by atoms with Crippen LogP contribution in [0.15, 0.2) is 48.8 Å². The highest BCUT2D eigenvalue weighted by Crippen LogP contribution is 2.27. The average Bonchev–Trinajstić information content (AvgIpc) is 3.57. The van der Waals surface area contributed by atoms with E-state index in [1.54, 1.807) is 0 Å². The number of benzene rings is 2. The van der Waals surface area contributed by atoms with Gasteiger partial charge in [-0.25, -0.2) is 14.8 Å². The van der Waals surface area contributed by atoms with E-state index >= 15 is 0 Å². The molecule has 1 amide bonds. The van der Waals surface area contributed by atoms with Gasteiger partial charge in [-0.15, -0.1) is 0 Å². The van der Waals surface area contributed by atoms with E-state index in [-0.39, 0.29) is 12.1 Å². The Morgan fingerprint density at radius 1 is 1.00 bits per heavy atom. The summed E-state index contributed by atoms with van der Waals surface area (Å²) in [6.07, 6.45) is 6.51. The Morgan fingerprint density at radius 2 is 1.80 bits per heavy atom. The lowest BCUT2D eigenvalue weighted by Crippen LogP contribution is -2.45. The van der Waals surface area contributed by atoms with Gasteiger partial charge in [-0.2, -0.15) is 0 Å². The summed E-state index contributed by atoms with van der Waals surface area (Å²) < 4.78 is 11.0. The Labute approximate surface area is 204 Å². The number of likely N-dealkylation sites (tertiary alicyclic amines) is 1. The monoisotopic (exact) mass is 474 g/mol. The number of nitrogens with zero attached hydrogens (tertiary/aromatic N) is 4. The normalized spacial score (nSPS) is 21.5. The Balaban J connectivity index is 1.06.